The van der Waals surface area contributed by atoms with Crippen LogP contribution in [0.2, 0.25) is 83.0 Å². The monoisotopic (exact) mass is 622 g/mol. The van der Waals surface area contributed by atoms with Crippen molar-refractivity contribution in [3.05, 3.63) is 12.2 Å². The third kappa shape index (κ3) is 6.90. The van der Waals surface area contributed by atoms with Crippen molar-refractivity contribution in [2.75, 3.05) is 0 Å². The summed E-state index contributed by atoms with van der Waals surface area (Å²) in [5.41, 5.74) is 0. The van der Waals surface area contributed by atoms with Gasteiger partial charge in [-0.1, -0.05) is 0 Å². The van der Waals surface area contributed by atoms with Crippen molar-refractivity contribution in [3.63, 3.8) is 0 Å². The second-order valence-electron chi connectivity index (χ2n) is 10.8. The van der Waals surface area contributed by atoms with Gasteiger partial charge in [-0.2, -0.15) is 0 Å². The summed E-state index contributed by atoms with van der Waals surface area (Å²) in [5.74, 6) is 0. The molecule has 0 atom stereocenters. The molecule has 0 aromatic carbocycles. The van der Waals surface area contributed by atoms with Crippen LogP contribution in [-0.2, 0) is 0 Å². The summed E-state index contributed by atoms with van der Waals surface area (Å²) in [6.45, 7) is 33.3. The fourth-order valence-corrected chi connectivity index (χ4v) is 131. The van der Waals surface area contributed by atoms with Gasteiger partial charge < -0.3 is 0 Å². The van der Waals surface area contributed by atoms with Gasteiger partial charge in [0.1, 0.15) is 0 Å². The molecule has 0 rings (SSSR count). The van der Waals surface area contributed by atoms with Crippen molar-refractivity contribution < 1.29 is 0 Å². The molecular formula is C16H43IN2Si4Sn. The van der Waals surface area contributed by atoms with E-state index in [4.69, 9.17) is 0 Å². The van der Waals surface area contributed by atoms with Gasteiger partial charge >= 0.3 is 174 Å². The van der Waals surface area contributed by atoms with Crippen molar-refractivity contribution >= 4 is 66.5 Å². The Morgan fingerprint density at radius 3 is 1.08 bits per heavy atom. The first-order chi connectivity index (χ1) is 10.3. The minimum absolute atomic E-state index is 1.34. The number of rotatable bonds is 8. The number of nitrogens with zero attached hydrogens (tertiary/aromatic N) is 2. The molecule has 0 aliphatic heterocycles. The van der Waals surface area contributed by atoms with Crippen LogP contribution in [0.4, 0.5) is 0 Å². The van der Waals surface area contributed by atoms with Crippen LogP contribution in [0, 0.1) is 0 Å². The first kappa shape index (κ1) is 26.1. The zero-order valence-electron chi connectivity index (χ0n) is 18.6. The molecule has 0 heterocycles. The van der Waals surface area contributed by atoms with Gasteiger partial charge in [0.2, 0.25) is 0 Å². The SMILES string of the molecule is C/C=C/[CH2][Sn]([I])([N]([Si](C)(C)C)[Si](C)(C)C)[N]([Si](C)(C)C)[Si](C)(C)C. The van der Waals surface area contributed by atoms with Crippen LogP contribution in [0.3, 0.4) is 0 Å². The van der Waals surface area contributed by atoms with Crippen molar-refractivity contribution in [2.45, 2.75) is 89.9 Å². The molecule has 0 saturated heterocycles. The average molecular weight is 621 g/mol. The first-order valence-electron chi connectivity index (χ1n) is 9.20. The molecule has 0 radical (unpaired) electrons. The number of halogens is 1. The third-order valence-electron chi connectivity index (χ3n) is 3.98. The second-order valence-corrected chi connectivity index (χ2v) is 55.4. The van der Waals surface area contributed by atoms with Gasteiger partial charge in [0.05, 0.1) is 0 Å². The Morgan fingerprint density at radius 1 is 0.667 bits per heavy atom. The molecule has 2 nitrogen and oxygen atoms in total. The van der Waals surface area contributed by atoms with Gasteiger partial charge in [-0.25, -0.2) is 0 Å². The van der Waals surface area contributed by atoms with Crippen LogP contribution in [0.5, 0.6) is 0 Å². The van der Waals surface area contributed by atoms with Crippen LogP contribution in [0.25, 0.3) is 0 Å². The molecule has 8 heteroatoms. The summed E-state index contributed by atoms with van der Waals surface area (Å²) in [4.78, 5) is 0. The van der Waals surface area contributed by atoms with Gasteiger partial charge in [-0.15, -0.1) is 0 Å². The minimum atomic E-state index is -2.74. The van der Waals surface area contributed by atoms with Gasteiger partial charge in [0.25, 0.3) is 0 Å². The van der Waals surface area contributed by atoms with E-state index in [9.17, 15) is 0 Å². The summed E-state index contributed by atoms with van der Waals surface area (Å²) in [6.07, 6.45) is 4.80. The molecule has 0 bridgehead atoms. The normalized spacial score (nSPS) is 15.8. The van der Waals surface area contributed by atoms with E-state index < -0.39 is 47.9 Å². The topological polar surface area (TPSA) is 6.48 Å². The summed E-state index contributed by atoms with van der Waals surface area (Å²) in [6, 6.07) is 0. The van der Waals surface area contributed by atoms with Crippen LogP contribution >= 0.6 is 18.6 Å². The Hall–Kier alpha value is 2.06. The first-order valence-corrected chi connectivity index (χ1v) is 35.9. The predicted molar refractivity (Wildman–Crippen MR) is 136 cm³/mol. The zero-order valence-corrected chi connectivity index (χ0v) is 27.6. The molecule has 24 heavy (non-hydrogen) atoms. The maximum absolute atomic E-state index is 3.26. The van der Waals surface area contributed by atoms with Crippen molar-refractivity contribution in [1.82, 2.24) is 4.91 Å². The number of hydrogen-bond donors (Lipinski definition) is 0. The van der Waals surface area contributed by atoms with E-state index in [1.165, 1.54) is 4.44 Å². The number of allylic oxidation sites excluding steroid dienone is 2. The van der Waals surface area contributed by atoms with E-state index in [2.05, 4.69) is 121 Å². The average Bonchev–Trinajstić information content (AvgIpc) is 2.16. The van der Waals surface area contributed by atoms with Crippen molar-refractivity contribution in [3.8, 4) is 0 Å². The van der Waals surface area contributed by atoms with E-state index in [1.54, 1.807) is 0 Å². The molecule has 0 amide bonds. The van der Waals surface area contributed by atoms with Gasteiger partial charge in [0.15, 0.2) is 0 Å². The molecule has 0 fully saturated rings. The van der Waals surface area contributed by atoms with Gasteiger partial charge in [-0.05, 0) is 0 Å². The predicted octanol–water partition coefficient (Wildman–Crippen LogP) is 6.88. The molecule has 0 saturated carbocycles. The number of hydrogen-bond acceptors (Lipinski definition) is 2. The van der Waals surface area contributed by atoms with E-state index in [0.717, 1.165) is 0 Å². The fourth-order valence-electron chi connectivity index (χ4n) is 4.62. The standard InChI is InChI=1S/2C6H18NSi2.C4H7.HI.Sn/c2*1-8(2,3)7-9(4,5)6;1-3-4-2;;/h2*1-6H3;3-4H,1H2,2H3;1H;/q2*-1;;;+3/p-1/b;;4-3+;;. The molecule has 0 aliphatic rings. The van der Waals surface area contributed by atoms with Crippen molar-refractivity contribution in [1.29, 1.82) is 0 Å². The van der Waals surface area contributed by atoms with Crippen LogP contribution in [0.15, 0.2) is 12.2 Å². The maximum atomic E-state index is 3.26. The Labute approximate surface area is 172 Å². The summed E-state index contributed by atoms with van der Waals surface area (Å²) >= 11 is 0.329. The molecule has 0 aliphatic carbocycles. The quantitative estimate of drug-likeness (QED) is 0.166. The molecule has 0 aromatic rings. The van der Waals surface area contributed by atoms with Crippen LogP contribution < -0.4 is 0 Å². The van der Waals surface area contributed by atoms with E-state index in [0.29, 0.717) is 0 Å². The summed E-state index contributed by atoms with van der Waals surface area (Å²) in [7, 11) is -5.51. The van der Waals surface area contributed by atoms with Crippen LogP contribution in [0.1, 0.15) is 6.92 Å². The Balaban J connectivity index is 6.68. The van der Waals surface area contributed by atoms with E-state index in [-0.39, 0.29) is 0 Å². The summed E-state index contributed by atoms with van der Waals surface area (Å²) in [5, 5.41) is 0. The molecular weight excluding hydrogens is 578 g/mol. The van der Waals surface area contributed by atoms with Gasteiger partial charge in [-0.3, -0.25) is 0 Å². The van der Waals surface area contributed by atoms with Crippen molar-refractivity contribution in [2.24, 2.45) is 0 Å². The van der Waals surface area contributed by atoms with E-state index in [1.807, 2.05) is 0 Å². The Bertz CT molecular complexity index is 385. The molecule has 0 spiro atoms. The zero-order chi connectivity index (χ0) is 19.8. The molecule has 0 aromatic heterocycles. The van der Waals surface area contributed by atoms with Crippen LogP contribution in [-0.4, -0.2) is 52.8 Å². The molecule has 144 valence electrons. The molecule has 0 N–H and O–H groups in total. The van der Waals surface area contributed by atoms with Gasteiger partial charge in [0, 0.05) is 0 Å². The fraction of sp³-hybridized carbons (Fsp3) is 0.875. The van der Waals surface area contributed by atoms with E-state index >= 15 is 0 Å². The third-order valence-corrected chi connectivity index (χ3v) is 78.0. The Kier molecular flexibility index (Phi) is 9.34. The second kappa shape index (κ2) is 8.60. The summed E-state index contributed by atoms with van der Waals surface area (Å²) < 4.78 is 7.85. The molecule has 0 unspecified atom stereocenters. The Morgan fingerprint density at radius 2 is 0.917 bits per heavy atom.